The van der Waals surface area contributed by atoms with Crippen LogP contribution in [0, 0.1) is 6.92 Å². The van der Waals surface area contributed by atoms with Crippen LogP contribution in [-0.2, 0) is 9.63 Å². The molecule has 0 unspecified atom stereocenters. The first-order valence-corrected chi connectivity index (χ1v) is 5.37. The summed E-state index contributed by atoms with van der Waals surface area (Å²) in [7, 11) is 0. The largest absolute Gasteiger partial charge is 0.367 e. The van der Waals surface area contributed by atoms with Crippen molar-refractivity contribution in [2.75, 3.05) is 5.88 Å². The van der Waals surface area contributed by atoms with Crippen LogP contribution in [0.2, 0.25) is 0 Å². The fourth-order valence-electron chi connectivity index (χ4n) is 1.38. The molecule has 0 saturated carbocycles. The molecule has 1 aliphatic rings. The predicted octanol–water partition coefficient (Wildman–Crippen LogP) is 2.53. The summed E-state index contributed by atoms with van der Waals surface area (Å²) < 4.78 is 0. The number of rotatable bonds is 2. The standard InChI is InChI=1S/C12H10ClNO2/c1-8-2-4-9(5-3-8)6-10-11(7-13)14-16-12(10)15/h2-6H,7H2,1H3. The van der Waals surface area contributed by atoms with Gasteiger partial charge in [0.15, 0.2) is 0 Å². The maximum atomic E-state index is 11.4. The normalized spacial score (nSPS) is 17.5. The van der Waals surface area contributed by atoms with E-state index in [0.717, 1.165) is 5.56 Å². The Morgan fingerprint density at radius 1 is 1.38 bits per heavy atom. The first kappa shape index (κ1) is 10.9. The zero-order valence-electron chi connectivity index (χ0n) is 8.74. The predicted molar refractivity (Wildman–Crippen MR) is 63.4 cm³/mol. The van der Waals surface area contributed by atoms with Gasteiger partial charge >= 0.3 is 5.97 Å². The lowest BCUT2D eigenvalue weighted by atomic mass is 10.1. The van der Waals surface area contributed by atoms with Gasteiger partial charge in [-0.05, 0) is 18.6 Å². The Bertz CT molecular complexity index is 474. The van der Waals surface area contributed by atoms with E-state index in [0.29, 0.717) is 11.3 Å². The van der Waals surface area contributed by atoms with Gasteiger partial charge in [-0.25, -0.2) is 4.79 Å². The highest BCUT2D eigenvalue weighted by atomic mass is 35.5. The summed E-state index contributed by atoms with van der Waals surface area (Å²) in [6.45, 7) is 2.01. The van der Waals surface area contributed by atoms with E-state index in [4.69, 9.17) is 11.6 Å². The Labute approximate surface area is 98.4 Å². The van der Waals surface area contributed by atoms with E-state index in [1.54, 1.807) is 6.08 Å². The number of nitrogens with zero attached hydrogens (tertiary/aromatic N) is 1. The van der Waals surface area contributed by atoms with Gasteiger partial charge in [0.1, 0.15) is 5.71 Å². The highest BCUT2D eigenvalue weighted by Gasteiger charge is 2.24. The minimum atomic E-state index is -0.448. The Kier molecular flexibility index (Phi) is 3.06. The number of oxime groups is 1. The van der Waals surface area contributed by atoms with Crippen LogP contribution in [0.3, 0.4) is 0 Å². The Morgan fingerprint density at radius 2 is 2.06 bits per heavy atom. The van der Waals surface area contributed by atoms with E-state index < -0.39 is 5.97 Å². The van der Waals surface area contributed by atoms with E-state index in [9.17, 15) is 4.79 Å². The summed E-state index contributed by atoms with van der Waals surface area (Å²) in [6.07, 6.45) is 1.73. The molecule has 0 fully saturated rings. The molecule has 0 saturated heterocycles. The van der Waals surface area contributed by atoms with E-state index in [-0.39, 0.29) is 5.88 Å². The van der Waals surface area contributed by atoms with Crippen LogP contribution in [0.1, 0.15) is 11.1 Å². The molecule has 1 aromatic carbocycles. The van der Waals surface area contributed by atoms with Crippen LogP contribution in [-0.4, -0.2) is 17.6 Å². The Balaban J connectivity index is 2.33. The molecule has 1 aliphatic heterocycles. The van der Waals surface area contributed by atoms with Crippen LogP contribution < -0.4 is 0 Å². The summed E-state index contributed by atoms with van der Waals surface area (Å²) >= 11 is 5.66. The molecule has 1 aromatic rings. The molecule has 1 heterocycles. The molecule has 3 nitrogen and oxygen atoms in total. The first-order chi connectivity index (χ1) is 7.70. The van der Waals surface area contributed by atoms with E-state index >= 15 is 0 Å². The molecule has 0 atom stereocenters. The van der Waals surface area contributed by atoms with Crippen LogP contribution >= 0.6 is 11.6 Å². The molecule has 82 valence electrons. The number of benzene rings is 1. The number of hydrogen-bond acceptors (Lipinski definition) is 3. The third-order valence-electron chi connectivity index (χ3n) is 2.28. The van der Waals surface area contributed by atoms with Gasteiger partial charge < -0.3 is 4.84 Å². The van der Waals surface area contributed by atoms with Gasteiger partial charge in [-0.15, -0.1) is 11.6 Å². The van der Waals surface area contributed by atoms with Gasteiger partial charge in [0, 0.05) is 0 Å². The minimum Gasteiger partial charge on any atom is -0.312 e. The molecule has 2 rings (SSSR count). The van der Waals surface area contributed by atoms with Gasteiger partial charge in [-0.2, -0.15) is 0 Å². The average molecular weight is 236 g/mol. The summed E-state index contributed by atoms with van der Waals surface area (Å²) in [5.74, 6) is -0.278. The zero-order chi connectivity index (χ0) is 11.5. The molecule has 0 spiro atoms. The highest BCUT2D eigenvalue weighted by Crippen LogP contribution is 2.16. The van der Waals surface area contributed by atoms with Gasteiger partial charge in [-0.1, -0.05) is 35.0 Å². The van der Waals surface area contributed by atoms with Crippen molar-refractivity contribution < 1.29 is 9.63 Å². The maximum Gasteiger partial charge on any atom is 0.367 e. The quantitative estimate of drug-likeness (QED) is 0.449. The zero-order valence-corrected chi connectivity index (χ0v) is 9.49. The van der Waals surface area contributed by atoms with E-state index in [1.807, 2.05) is 31.2 Å². The Hall–Kier alpha value is -1.61. The summed E-state index contributed by atoms with van der Waals surface area (Å²) in [5.41, 5.74) is 3.01. The molecule has 0 aliphatic carbocycles. The molecule has 0 N–H and O–H groups in total. The van der Waals surface area contributed by atoms with Gasteiger partial charge in [0.05, 0.1) is 11.5 Å². The van der Waals surface area contributed by atoms with Crippen molar-refractivity contribution in [3.8, 4) is 0 Å². The van der Waals surface area contributed by atoms with E-state index in [2.05, 4.69) is 9.99 Å². The molecular formula is C12H10ClNO2. The molecule has 0 amide bonds. The number of hydrogen-bond donors (Lipinski definition) is 0. The fourth-order valence-corrected chi connectivity index (χ4v) is 1.57. The summed E-state index contributed by atoms with van der Waals surface area (Å²) in [6, 6.07) is 7.81. The number of aryl methyl sites for hydroxylation is 1. The van der Waals surface area contributed by atoms with Crippen molar-refractivity contribution in [1.82, 2.24) is 0 Å². The van der Waals surface area contributed by atoms with Crippen molar-refractivity contribution in [2.45, 2.75) is 6.92 Å². The lowest BCUT2D eigenvalue weighted by Crippen LogP contribution is -2.06. The monoisotopic (exact) mass is 235 g/mol. The van der Waals surface area contributed by atoms with Crippen LogP contribution in [0.15, 0.2) is 35.0 Å². The number of carbonyl (C=O) groups is 1. The molecule has 16 heavy (non-hydrogen) atoms. The molecule has 4 heteroatoms. The fraction of sp³-hybridized carbons (Fsp3) is 0.167. The van der Waals surface area contributed by atoms with Crippen molar-refractivity contribution in [3.63, 3.8) is 0 Å². The summed E-state index contributed by atoms with van der Waals surface area (Å²) in [4.78, 5) is 15.9. The third-order valence-corrected chi connectivity index (χ3v) is 2.54. The van der Waals surface area contributed by atoms with E-state index in [1.165, 1.54) is 5.56 Å². The van der Waals surface area contributed by atoms with Gasteiger partial charge in [0.25, 0.3) is 0 Å². The topological polar surface area (TPSA) is 38.7 Å². The lowest BCUT2D eigenvalue weighted by Gasteiger charge is -1.97. The van der Waals surface area contributed by atoms with Gasteiger partial charge in [0.2, 0.25) is 0 Å². The summed E-state index contributed by atoms with van der Waals surface area (Å²) in [5, 5.41) is 3.60. The second-order valence-corrected chi connectivity index (χ2v) is 3.79. The SMILES string of the molecule is Cc1ccc(C=C2C(=O)ON=C2CCl)cc1. The van der Waals surface area contributed by atoms with Crippen molar-refractivity contribution in [2.24, 2.45) is 5.16 Å². The van der Waals surface area contributed by atoms with Crippen LogP contribution in [0.4, 0.5) is 0 Å². The molecule has 0 aromatic heterocycles. The molecule has 0 radical (unpaired) electrons. The number of carbonyl (C=O) groups excluding carboxylic acids is 1. The lowest BCUT2D eigenvalue weighted by molar-refractivity contribution is -0.136. The second-order valence-electron chi connectivity index (χ2n) is 3.52. The third kappa shape index (κ3) is 2.14. The Morgan fingerprint density at radius 3 is 2.69 bits per heavy atom. The minimum absolute atomic E-state index is 0.170. The number of halogens is 1. The number of alkyl halides is 1. The van der Waals surface area contributed by atoms with Gasteiger partial charge in [-0.3, -0.25) is 0 Å². The smallest absolute Gasteiger partial charge is 0.312 e. The maximum absolute atomic E-state index is 11.4. The van der Waals surface area contributed by atoms with Crippen LogP contribution in [0.25, 0.3) is 6.08 Å². The first-order valence-electron chi connectivity index (χ1n) is 4.83. The molecule has 0 bridgehead atoms. The van der Waals surface area contributed by atoms with Crippen LogP contribution in [0.5, 0.6) is 0 Å². The molecular weight excluding hydrogens is 226 g/mol. The second kappa shape index (κ2) is 4.49. The van der Waals surface area contributed by atoms with Crippen molar-refractivity contribution in [3.05, 3.63) is 41.0 Å². The highest BCUT2D eigenvalue weighted by molar-refractivity contribution is 6.38. The van der Waals surface area contributed by atoms with Crippen molar-refractivity contribution >= 4 is 29.4 Å². The average Bonchev–Trinajstić information content (AvgIpc) is 2.63. The van der Waals surface area contributed by atoms with Crippen molar-refractivity contribution in [1.29, 1.82) is 0 Å².